The molecule has 7 heteroatoms. The summed E-state index contributed by atoms with van der Waals surface area (Å²) in [6.45, 7) is 2.06. The number of rotatable bonds is 3. The smallest absolute Gasteiger partial charge is 0.186 e. The highest BCUT2D eigenvalue weighted by atomic mass is 35.5. The second-order valence-electron chi connectivity index (χ2n) is 8.46. The highest BCUT2D eigenvalue weighted by molar-refractivity contribution is 6.34. The third kappa shape index (κ3) is 3.57. The Morgan fingerprint density at radius 2 is 1.84 bits per heavy atom. The second-order valence-corrected chi connectivity index (χ2v) is 8.87. The van der Waals surface area contributed by atoms with Gasteiger partial charge in [-0.2, -0.15) is 0 Å². The summed E-state index contributed by atoms with van der Waals surface area (Å²) >= 11 is 6.07. The monoisotopic (exact) mass is 443 g/mol. The van der Waals surface area contributed by atoms with Crippen molar-refractivity contribution in [1.29, 1.82) is 0 Å². The molecule has 160 valence electrons. The number of aromatic nitrogens is 3. The van der Waals surface area contributed by atoms with E-state index >= 15 is 0 Å². The van der Waals surface area contributed by atoms with Crippen LogP contribution < -0.4 is 0 Å². The minimum absolute atomic E-state index is 0.0502. The lowest BCUT2D eigenvalue weighted by atomic mass is 9.73. The zero-order chi connectivity index (χ0) is 21.7. The first kappa shape index (κ1) is 20.3. The first-order valence-electron chi connectivity index (χ1n) is 10.5. The zero-order valence-electron chi connectivity index (χ0n) is 16.9. The molecule has 1 aliphatic rings. The van der Waals surface area contributed by atoms with Gasteiger partial charge in [-0.25, -0.2) is 18.2 Å². The molecule has 1 aliphatic carbocycles. The third-order valence-corrected chi connectivity index (χ3v) is 7.02. The Morgan fingerprint density at radius 3 is 2.61 bits per heavy atom. The largest absolute Gasteiger partial charge is 0.340 e. The van der Waals surface area contributed by atoms with E-state index in [1.165, 1.54) is 6.07 Å². The minimum Gasteiger partial charge on any atom is -0.340 e. The number of nitrogens with zero attached hydrogens (tertiary/aromatic N) is 2. The molecule has 2 aromatic carbocycles. The summed E-state index contributed by atoms with van der Waals surface area (Å²) in [5.74, 6) is -0.851. The lowest BCUT2D eigenvalue weighted by molar-refractivity contribution is 0.286. The van der Waals surface area contributed by atoms with E-state index in [1.54, 1.807) is 18.3 Å². The van der Waals surface area contributed by atoms with Crippen molar-refractivity contribution >= 4 is 33.5 Å². The van der Waals surface area contributed by atoms with E-state index in [2.05, 4.69) is 21.9 Å². The molecule has 0 bridgehead atoms. The number of imidazole rings is 1. The first-order valence-corrected chi connectivity index (χ1v) is 10.9. The van der Waals surface area contributed by atoms with Gasteiger partial charge in [-0.3, -0.25) is 4.98 Å². The zero-order valence-corrected chi connectivity index (χ0v) is 17.7. The average Bonchev–Trinajstić information content (AvgIpc) is 3.23. The van der Waals surface area contributed by atoms with E-state index in [4.69, 9.17) is 11.6 Å². The molecule has 4 aromatic rings. The van der Waals surface area contributed by atoms with Crippen LogP contribution in [-0.2, 0) is 0 Å². The molecular weight excluding hydrogens is 423 g/mol. The van der Waals surface area contributed by atoms with Gasteiger partial charge in [-0.05, 0) is 73.4 Å². The van der Waals surface area contributed by atoms with Crippen LogP contribution in [0.25, 0.3) is 21.9 Å². The average molecular weight is 444 g/mol. The highest BCUT2D eigenvalue weighted by Crippen LogP contribution is 2.43. The number of hydrogen-bond acceptors (Lipinski definition) is 2. The van der Waals surface area contributed by atoms with Gasteiger partial charge < -0.3 is 4.98 Å². The van der Waals surface area contributed by atoms with Gasteiger partial charge in [0.2, 0.25) is 0 Å². The Kier molecular flexibility index (Phi) is 5.13. The number of hydrogen-bond donors (Lipinski definition) is 1. The van der Waals surface area contributed by atoms with Crippen molar-refractivity contribution < 1.29 is 13.2 Å². The summed E-state index contributed by atoms with van der Waals surface area (Å²) in [6, 6.07) is 7.69. The Hall–Kier alpha value is -2.60. The molecule has 0 radical (unpaired) electrons. The van der Waals surface area contributed by atoms with Crippen molar-refractivity contribution in [2.45, 2.75) is 44.4 Å². The molecule has 1 atom stereocenters. The van der Waals surface area contributed by atoms with Gasteiger partial charge in [-0.15, -0.1) is 0 Å². The van der Waals surface area contributed by atoms with E-state index in [1.807, 2.05) is 6.07 Å². The van der Waals surface area contributed by atoms with E-state index in [-0.39, 0.29) is 22.3 Å². The maximum atomic E-state index is 14.1. The summed E-state index contributed by atoms with van der Waals surface area (Å²) in [6.07, 6.45) is 5.65. The number of benzene rings is 2. The Balaban J connectivity index is 1.36. The van der Waals surface area contributed by atoms with Gasteiger partial charge in [0.05, 0.1) is 16.1 Å². The molecule has 0 saturated heterocycles. The molecule has 1 N–H and O–H groups in total. The van der Waals surface area contributed by atoms with Crippen molar-refractivity contribution in [3.63, 3.8) is 0 Å². The van der Waals surface area contributed by atoms with Crippen molar-refractivity contribution in [3.05, 3.63) is 70.4 Å². The highest BCUT2D eigenvalue weighted by Gasteiger charge is 2.30. The predicted octanol–water partition coefficient (Wildman–Crippen LogP) is 7.26. The van der Waals surface area contributed by atoms with Crippen LogP contribution in [0.1, 0.15) is 55.8 Å². The molecule has 0 unspecified atom stereocenters. The Labute approximate surface area is 182 Å². The maximum absolute atomic E-state index is 14.1. The van der Waals surface area contributed by atoms with E-state index < -0.39 is 11.6 Å². The van der Waals surface area contributed by atoms with Crippen molar-refractivity contribution in [3.8, 4) is 0 Å². The Morgan fingerprint density at radius 1 is 1.06 bits per heavy atom. The summed E-state index contributed by atoms with van der Waals surface area (Å²) in [5, 5.41) is 1.00. The van der Waals surface area contributed by atoms with E-state index in [0.29, 0.717) is 23.2 Å². The van der Waals surface area contributed by atoms with Gasteiger partial charge in [0.1, 0.15) is 17.2 Å². The van der Waals surface area contributed by atoms with Crippen LogP contribution in [0.3, 0.4) is 0 Å². The first-order chi connectivity index (χ1) is 14.9. The summed E-state index contributed by atoms with van der Waals surface area (Å²) in [7, 11) is 0. The van der Waals surface area contributed by atoms with E-state index in [9.17, 15) is 13.2 Å². The van der Waals surface area contributed by atoms with Gasteiger partial charge in [0.25, 0.3) is 0 Å². The van der Waals surface area contributed by atoms with Crippen LogP contribution in [0.4, 0.5) is 13.2 Å². The van der Waals surface area contributed by atoms with E-state index in [0.717, 1.165) is 48.2 Å². The lowest BCUT2D eigenvalue weighted by Crippen LogP contribution is -2.19. The molecule has 0 spiro atoms. The number of pyridine rings is 1. The number of H-pyrrole nitrogens is 1. The van der Waals surface area contributed by atoms with Gasteiger partial charge in [-0.1, -0.05) is 18.5 Å². The number of nitrogens with one attached hydrogen (secondary N) is 1. The third-order valence-electron chi connectivity index (χ3n) is 6.72. The number of halogens is 4. The van der Waals surface area contributed by atoms with Crippen LogP contribution in [0.2, 0.25) is 5.02 Å². The van der Waals surface area contributed by atoms with Gasteiger partial charge in [0, 0.05) is 17.5 Å². The second kappa shape index (κ2) is 7.83. The Bertz CT molecular complexity index is 1280. The predicted molar refractivity (Wildman–Crippen MR) is 116 cm³/mol. The lowest BCUT2D eigenvalue weighted by Gasteiger charge is -2.32. The quantitative estimate of drug-likeness (QED) is 0.338. The molecule has 31 heavy (non-hydrogen) atoms. The fourth-order valence-corrected chi connectivity index (χ4v) is 5.18. The van der Waals surface area contributed by atoms with Crippen molar-refractivity contribution in [2.75, 3.05) is 0 Å². The molecule has 1 saturated carbocycles. The fourth-order valence-electron chi connectivity index (χ4n) is 4.95. The SMILES string of the molecule is C[C@@H](c1nc2c(F)c(F)cc(Cl)c2[nH]1)[C@H]1CC[C@@H](c2ccnc3ccc(F)cc32)CC1. The molecule has 5 rings (SSSR count). The fraction of sp³-hybridized carbons (Fsp3) is 0.333. The summed E-state index contributed by atoms with van der Waals surface area (Å²) < 4.78 is 41.6. The number of fused-ring (bicyclic) bond motifs is 2. The molecule has 2 aromatic heterocycles. The molecule has 0 amide bonds. The summed E-state index contributed by atoms with van der Waals surface area (Å²) in [4.78, 5) is 11.8. The molecular formula is C24H21ClF3N3. The van der Waals surface area contributed by atoms with Crippen LogP contribution in [0.15, 0.2) is 36.5 Å². The van der Waals surface area contributed by atoms with Crippen LogP contribution in [0.5, 0.6) is 0 Å². The van der Waals surface area contributed by atoms with Crippen LogP contribution in [-0.4, -0.2) is 15.0 Å². The molecule has 3 nitrogen and oxygen atoms in total. The van der Waals surface area contributed by atoms with Crippen LogP contribution in [0, 0.1) is 23.4 Å². The van der Waals surface area contributed by atoms with Crippen molar-refractivity contribution in [1.82, 2.24) is 15.0 Å². The number of aromatic amines is 1. The molecule has 0 aliphatic heterocycles. The standard InChI is InChI=1S/C24H21ClF3N3/c1-12(24-30-22-18(25)11-19(27)21(28)23(22)31-24)13-2-4-14(5-3-13)16-8-9-29-20-7-6-15(26)10-17(16)20/h6-14H,2-5H2,1H3,(H,30,31)/t12-,13-,14+/m1/s1. The molecule has 1 fully saturated rings. The normalized spacial score (nSPS) is 20.4. The summed E-state index contributed by atoms with van der Waals surface area (Å²) in [5.41, 5.74) is 2.23. The topological polar surface area (TPSA) is 41.6 Å². The van der Waals surface area contributed by atoms with Crippen LogP contribution >= 0.6 is 11.6 Å². The van der Waals surface area contributed by atoms with Gasteiger partial charge >= 0.3 is 0 Å². The van der Waals surface area contributed by atoms with Gasteiger partial charge in [0.15, 0.2) is 11.6 Å². The maximum Gasteiger partial charge on any atom is 0.186 e. The molecule has 2 heterocycles. The minimum atomic E-state index is -0.996. The van der Waals surface area contributed by atoms with Crippen molar-refractivity contribution in [2.24, 2.45) is 5.92 Å².